The third-order valence-electron chi connectivity index (χ3n) is 2.73. The van der Waals surface area contributed by atoms with Crippen molar-refractivity contribution in [3.05, 3.63) is 53.3 Å². The lowest BCUT2D eigenvalue weighted by Crippen LogP contribution is -1.96. The Hall–Kier alpha value is -2.54. The minimum atomic E-state index is -0.446. The van der Waals surface area contributed by atoms with Crippen molar-refractivity contribution >= 4 is 11.4 Å². The Bertz CT molecular complexity index is 647. The number of nitrogens with zero attached hydrogens (tertiary/aromatic N) is 1. The number of nitriles is 1. The molecule has 4 heteroatoms. The third kappa shape index (κ3) is 2.83. The van der Waals surface area contributed by atoms with Gasteiger partial charge in [0, 0.05) is 11.8 Å². The van der Waals surface area contributed by atoms with Crippen molar-refractivity contribution in [2.45, 2.75) is 6.92 Å². The minimum Gasteiger partial charge on any atom is -0.494 e. The van der Waals surface area contributed by atoms with E-state index in [1.165, 1.54) is 19.2 Å². The third-order valence-corrected chi connectivity index (χ3v) is 2.73. The van der Waals surface area contributed by atoms with Gasteiger partial charge in [-0.15, -0.1) is 0 Å². The zero-order valence-electron chi connectivity index (χ0n) is 10.7. The number of anilines is 2. The van der Waals surface area contributed by atoms with Crippen molar-refractivity contribution in [1.82, 2.24) is 0 Å². The molecule has 0 saturated heterocycles. The Morgan fingerprint density at radius 2 is 2.00 bits per heavy atom. The summed E-state index contributed by atoms with van der Waals surface area (Å²) in [6.07, 6.45) is 0. The van der Waals surface area contributed by atoms with E-state index in [9.17, 15) is 4.39 Å². The number of rotatable bonds is 3. The van der Waals surface area contributed by atoms with E-state index in [1.54, 1.807) is 18.2 Å². The summed E-state index contributed by atoms with van der Waals surface area (Å²) in [5.41, 5.74) is 2.75. The number of ether oxygens (including phenoxy) is 1. The zero-order valence-corrected chi connectivity index (χ0v) is 10.7. The Morgan fingerprint density at radius 1 is 1.21 bits per heavy atom. The fraction of sp³-hybridized carbons (Fsp3) is 0.133. The summed E-state index contributed by atoms with van der Waals surface area (Å²) < 4.78 is 18.4. The van der Waals surface area contributed by atoms with E-state index >= 15 is 0 Å². The first-order valence-corrected chi connectivity index (χ1v) is 5.75. The second-order valence-corrected chi connectivity index (χ2v) is 4.14. The quantitative estimate of drug-likeness (QED) is 0.909. The van der Waals surface area contributed by atoms with Gasteiger partial charge in [-0.2, -0.15) is 5.26 Å². The fourth-order valence-electron chi connectivity index (χ4n) is 1.76. The highest BCUT2D eigenvalue weighted by Crippen LogP contribution is 2.25. The molecule has 0 fully saturated rings. The molecule has 0 heterocycles. The fourth-order valence-corrected chi connectivity index (χ4v) is 1.76. The van der Waals surface area contributed by atoms with Crippen molar-refractivity contribution < 1.29 is 9.13 Å². The van der Waals surface area contributed by atoms with Crippen LogP contribution in [0.1, 0.15) is 11.1 Å². The maximum absolute atomic E-state index is 13.6. The van der Waals surface area contributed by atoms with Crippen LogP contribution in [0.2, 0.25) is 0 Å². The van der Waals surface area contributed by atoms with Gasteiger partial charge < -0.3 is 10.1 Å². The maximum atomic E-state index is 13.6. The molecule has 0 aliphatic carbocycles. The monoisotopic (exact) mass is 256 g/mol. The topological polar surface area (TPSA) is 45.0 Å². The Kier molecular flexibility index (Phi) is 3.67. The first-order chi connectivity index (χ1) is 9.13. The van der Waals surface area contributed by atoms with Gasteiger partial charge in [-0.1, -0.05) is 6.07 Å². The van der Waals surface area contributed by atoms with Crippen LogP contribution in [-0.2, 0) is 0 Å². The number of benzene rings is 2. The van der Waals surface area contributed by atoms with Gasteiger partial charge in [0.15, 0.2) is 11.6 Å². The molecule has 0 spiro atoms. The molecule has 0 bridgehead atoms. The second kappa shape index (κ2) is 5.40. The number of hydrogen-bond donors (Lipinski definition) is 1. The van der Waals surface area contributed by atoms with E-state index in [0.717, 1.165) is 5.56 Å². The Labute approximate surface area is 111 Å². The Balaban J connectivity index is 2.31. The Morgan fingerprint density at radius 3 is 2.63 bits per heavy atom. The predicted octanol–water partition coefficient (Wildman–Crippen LogP) is 3.76. The van der Waals surface area contributed by atoms with E-state index in [4.69, 9.17) is 10.00 Å². The van der Waals surface area contributed by atoms with Crippen molar-refractivity contribution in [2.24, 2.45) is 0 Å². The summed E-state index contributed by atoms with van der Waals surface area (Å²) in [5, 5.41) is 12.1. The molecule has 3 nitrogen and oxygen atoms in total. The van der Waals surface area contributed by atoms with E-state index in [1.807, 2.05) is 13.0 Å². The van der Waals surface area contributed by atoms with Crippen LogP contribution in [0.25, 0.3) is 0 Å². The predicted molar refractivity (Wildman–Crippen MR) is 72.1 cm³/mol. The zero-order chi connectivity index (χ0) is 13.8. The number of halogens is 1. The average Bonchev–Trinajstić information content (AvgIpc) is 2.41. The van der Waals surface area contributed by atoms with E-state index in [2.05, 4.69) is 11.4 Å². The van der Waals surface area contributed by atoms with Gasteiger partial charge in [0.1, 0.15) is 6.07 Å². The normalized spacial score (nSPS) is 9.79. The molecule has 19 heavy (non-hydrogen) atoms. The molecule has 96 valence electrons. The molecule has 0 amide bonds. The largest absolute Gasteiger partial charge is 0.494 e. The highest BCUT2D eigenvalue weighted by molar-refractivity contribution is 5.67. The van der Waals surface area contributed by atoms with Crippen LogP contribution < -0.4 is 10.1 Å². The molecular formula is C15H13FN2O. The SMILES string of the molecule is COc1ccc(Nc2ccc(C)cc2C#N)cc1F. The number of aryl methyl sites for hydroxylation is 1. The van der Waals surface area contributed by atoms with E-state index < -0.39 is 5.82 Å². The smallest absolute Gasteiger partial charge is 0.167 e. The van der Waals surface area contributed by atoms with Crippen LogP contribution in [0.3, 0.4) is 0 Å². The van der Waals surface area contributed by atoms with Crippen molar-refractivity contribution in [1.29, 1.82) is 5.26 Å². The number of nitrogens with one attached hydrogen (secondary N) is 1. The molecule has 0 aliphatic rings. The molecule has 0 aliphatic heterocycles. The molecule has 2 rings (SSSR count). The van der Waals surface area contributed by atoms with Gasteiger partial charge in [0.2, 0.25) is 0 Å². The van der Waals surface area contributed by atoms with Crippen LogP contribution in [0.4, 0.5) is 15.8 Å². The van der Waals surface area contributed by atoms with Gasteiger partial charge in [-0.3, -0.25) is 0 Å². The first-order valence-electron chi connectivity index (χ1n) is 5.75. The lowest BCUT2D eigenvalue weighted by molar-refractivity contribution is 0.386. The summed E-state index contributed by atoms with van der Waals surface area (Å²) in [6, 6.07) is 12.2. The van der Waals surface area contributed by atoms with E-state index in [-0.39, 0.29) is 5.75 Å². The molecule has 2 aromatic rings. The van der Waals surface area contributed by atoms with Crippen LogP contribution in [0, 0.1) is 24.1 Å². The summed E-state index contributed by atoms with van der Waals surface area (Å²) in [7, 11) is 1.42. The highest BCUT2D eigenvalue weighted by atomic mass is 19.1. The van der Waals surface area contributed by atoms with Gasteiger partial charge in [0.25, 0.3) is 0 Å². The molecule has 0 aromatic heterocycles. The molecule has 0 atom stereocenters. The van der Waals surface area contributed by atoms with E-state index in [0.29, 0.717) is 16.9 Å². The lowest BCUT2D eigenvalue weighted by atomic mass is 10.1. The molecule has 0 unspecified atom stereocenters. The van der Waals surface area contributed by atoms with Crippen LogP contribution in [0.5, 0.6) is 5.75 Å². The lowest BCUT2D eigenvalue weighted by Gasteiger charge is -2.10. The van der Waals surface area contributed by atoms with Crippen LogP contribution in [0.15, 0.2) is 36.4 Å². The highest BCUT2D eigenvalue weighted by Gasteiger charge is 2.06. The molecule has 2 aromatic carbocycles. The van der Waals surface area contributed by atoms with Crippen LogP contribution >= 0.6 is 0 Å². The standard InChI is InChI=1S/C15H13FN2O/c1-10-3-5-14(11(7-10)9-17)18-12-4-6-15(19-2)13(16)8-12/h3-8,18H,1-2H3. The second-order valence-electron chi connectivity index (χ2n) is 4.14. The minimum absolute atomic E-state index is 0.190. The van der Waals surface area contributed by atoms with Gasteiger partial charge >= 0.3 is 0 Å². The van der Waals surface area contributed by atoms with Gasteiger partial charge in [0.05, 0.1) is 18.4 Å². The maximum Gasteiger partial charge on any atom is 0.167 e. The molecule has 1 N–H and O–H groups in total. The molecule has 0 radical (unpaired) electrons. The summed E-state index contributed by atoms with van der Waals surface area (Å²) in [5.74, 6) is -0.256. The molecule has 0 saturated carbocycles. The number of hydrogen-bond acceptors (Lipinski definition) is 3. The average molecular weight is 256 g/mol. The summed E-state index contributed by atoms with van der Waals surface area (Å²) in [6.45, 7) is 1.91. The number of methoxy groups -OCH3 is 1. The molecular weight excluding hydrogens is 243 g/mol. The summed E-state index contributed by atoms with van der Waals surface area (Å²) >= 11 is 0. The summed E-state index contributed by atoms with van der Waals surface area (Å²) in [4.78, 5) is 0. The first kappa shape index (κ1) is 12.9. The van der Waals surface area contributed by atoms with Gasteiger partial charge in [-0.25, -0.2) is 4.39 Å². The van der Waals surface area contributed by atoms with Crippen molar-refractivity contribution in [2.75, 3.05) is 12.4 Å². The van der Waals surface area contributed by atoms with Gasteiger partial charge in [-0.05, 0) is 36.8 Å². The van der Waals surface area contributed by atoms with Crippen LogP contribution in [-0.4, -0.2) is 7.11 Å². The van der Waals surface area contributed by atoms with Crippen molar-refractivity contribution in [3.63, 3.8) is 0 Å². The van der Waals surface area contributed by atoms with Crippen molar-refractivity contribution in [3.8, 4) is 11.8 Å².